The van der Waals surface area contributed by atoms with Crippen LogP contribution in [0.15, 0.2) is 28.8 Å². The van der Waals surface area contributed by atoms with Gasteiger partial charge < -0.3 is 9.84 Å². The van der Waals surface area contributed by atoms with E-state index >= 15 is 0 Å². The highest BCUT2D eigenvalue weighted by atomic mass is 35.5. The van der Waals surface area contributed by atoms with E-state index in [-0.39, 0.29) is 6.04 Å². The first-order valence-corrected chi connectivity index (χ1v) is 6.54. The molecular weight excluding hydrogens is 250 g/mol. The standard InChI is InChI=1S/C13H14ClN3O/c14-10-6-2-1-5-9(10)12-16-13(18-17-12)11-7-3-4-8-15-11/h1-2,5-6,11,15H,3-4,7-8H2. The molecule has 1 fully saturated rings. The summed E-state index contributed by atoms with van der Waals surface area (Å²) in [5.41, 5.74) is 0.810. The molecule has 1 saturated heterocycles. The quantitative estimate of drug-likeness (QED) is 0.904. The van der Waals surface area contributed by atoms with E-state index in [2.05, 4.69) is 15.5 Å². The van der Waals surface area contributed by atoms with Crippen LogP contribution in [0.4, 0.5) is 0 Å². The first-order chi connectivity index (χ1) is 8.84. The predicted molar refractivity (Wildman–Crippen MR) is 69.3 cm³/mol. The van der Waals surface area contributed by atoms with Crippen LogP contribution in [0.25, 0.3) is 11.4 Å². The first-order valence-electron chi connectivity index (χ1n) is 6.16. The Labute approximate surface area is 110 Å². The number of benzene rings is 1. The van der Waals surface area contributed by atoms with Crippen LogP contribution in [0.1, 0.15) is 31.2 Å². The molecule has 1 N–H and O–H groups in total. The van der Waals surface area contributed by atoms with E-state index < -0.39 is 0 Å². The van der Waals surface area contributed by atoms with Gasteiger partial charge in [-0.1, -0.05) is 35.3 Å². The number of aromatic nitrogens is 2. The molecule has 1 aromatic heterocycles. The molecule has 4 nitrogen and oxygen atoms in total. The number of piperidine rings is 1. The Balaban J connectivity index is 1.87. The fourth-order valence-electron chi connectivity index (χ4n) is 2.19. The van der Waals surface area contributed by atoms with Gasteiger partial charge in [-0.05, 0) is 31.5 Å². The molecule has 0 bridgehead atoms. The predicted octanol–water partition coefficient (Wildman–Crippen LogP) is 3.20. The highest BCUT2D eigenvalue weighted by Crippen LogP contribution is 2.27. The number of rotatable bonds is 2. The van der Waals surface area contributed by atoms with E-state index in [1.165, 1.54) is 12.8 Å². The van der Waals surface area contributed by atoms with Gasteiger partial charge in [0.15, 0.2) is 0 Å². The summed E-state index contributed by atoms with van der Waals surface area (Å²) in [5, 5.41) is 8.04. The molecule has 1 atom stereocenters. The van der Waals surface area contributed by atoms with Crippen LogP contribution in [0.5, 0.6) is 0 Å². The third-order valence-electron chi connectivity index (χ3n) is 3.16. The van der Waals surface area contributed by atoms with Crippen molar-refractivity contribution in [2.75, 3.05) is 6.54 Å². The Kier molecular flexibility index (Phi) is 3.30. The molecule has 0 aliphatic carbocycles. The van der Waals surface area contributed by atoms with Gasteiger partial charge in [0, 0.05) is 5.56 Å². The maximum atomic E-state index is 6.12. The number of nitrogens with zero attached hydrogens (tertiary/aromatic N) is 2. The van der Waals surface area contributed by atoms with Crippen LogP contribution in [0.3, 0.4) is 0 Å². The molecule has 5 heteroatoms. The van der Waals surface area contributed by atoms with Crippen molar-refractivity contribution in [1.82, 2.24) is 15.5 Å². The van der Waals surface area contributed by atoms with Gasteiger partial charge in [-0.2, -0.15) is 4.98 Å². The number of nitrogens with one attached hydrogen (secondary N) is 1. The second-order valence-electron chi connectivity index (χ2n) is 4.44. The summed E-state index contributed by atoms with van der Waals surface area (Å²) in [6.45, 7) is 1.01. The summed E-state index contributed by atoms with van der Waals surface area (Å²) in [5.74, 6) is 1.22. The molecule has 0 spiro atoms. The molecule has 1 aliphatic heterocycles. The van der Waals surface area contributed by atoms with Crippen molar-refractivity contribution < 1.29 is 4.52 Å². The summed E-state index contributed by atoms with van der Waals surface area (Å²) in [6, 6.07) is 7.70. The SMILES string of the molecule is Clc1ccccc1-c1noc(C2CCCCN2)n1. The minimum Gasteiger partial charge on any atom is -0.337 e. The summed E-state index contributed by atoms with van der Waals surface area (Å²) < 4.78 is 5.33. The van der Waals surface area contributed by atoms with E-state index in [9.17, 15) is 0 Å². The van der Waals surface area contributed by atoms with E-state index in [4.69, 9.17) is 16.1 Å². The zero-order valence-corrected chi connectivity index (χ0v) is 10.7. The minimum absolute atomic E-state index is 0.183. The molecule has 3 rings (SSSR count). The maximum Gasteiger partial charge on any atom is 0.244 e. The van der Waals surface area contributed by atoms with E-state index in [1.807, 2.05) is 24.3 Å². The van der Waals surface area contributed by atoms with Crippen LogP contribution in [0, 0.1) is 0 Å². The Hall–Kier alpha value is -1.39. The van der Waals surface area contributed by atoms with Gasteiger partial charge in [0.2, 0.25) is 11.7 Å². The van der Waals surface area contributed by atoms with Crippen LogP contribution in [0.2, 0.25) is 5.02 Å². The summed E-state index contributed by atoms with van der Waals surface area (Å²) >= 11 is 6.12. The van der Waals surface area contributed by atoms with Gasteiger partial charge in [-0.3, -0.25) is 0 Å². The molecule has 94 valence electrons. The molecule has 0 radical (unpaired) electrons. The fraction of sp³-hybridized carbons (Fsp3) is 0.385. The van der Waals surface area contributed by atoms with E-state index in [0.717, 1.165) is 18.5 Å². The smallest absolute Gasteiger partial charge is 0.244 e. The van der Waals surface area contributed by atoms with Crippen LogP contribution in [-0.4, -0.2) is 16.7 Å². The molecule has 2 aromatic rings. The summed E-state index contributed by atoms with van der Waals surface area (Å²) in [7, 11) is 0. The average Bonchev–Trinajstić information content (AvgIpc) is 2.90. The lowest BCUT2D eigenvalue weighted by Gasteiger charge is -2.19. The van der Waals surface area contributed by atoms with Crippen molar-refractivity contribution in [3.8, 4) is 11.4 Å². The van der Waals surface area contributed by atoms with Crippen molar-refractivity contribution >= 4 is 11.6 Å². The third kappa shape index (κ3) is 2.26. The number of hydrogen-bond donors (Lipinski definition) is 1. The lowest BCUT2D eigenvalue weighted by molar-refractivity contribution is 0.297. The molecule has 18 heavy (non-hydrogen) atoms. The molecule has 1 aromatic carbocycles. The van der Waals surface area contributed by atoms with Crippen molar-refractivity contribution in [2.24, 2.45) is 0 Å². The molecule has 0 saturated carbocycles. The summed E-state index contributed by atoms with van der Waals surface area (Å²) in [4.78, 5) is 4.44. The van der Waals surface area contributed by atoms with Gasteiger partial charge in [-0.15, -0.1) is 0 Å². The molecule has 2 heterocycles. The highest BCUT2D eigenvalue weighted by Gasteiger charge is 2.21. The van der Waals surface area contributed by atoms with Crippen LogP contribution >= 0.6 is 11.6 Å². The normalized spacial score (nSPS) is 19.9. The highest BCUT2D eigenvalue weighted by molar-refractivity contribution is 6.33. The third-order valence-corrected chi connectivity index (χ3v) is 3.49. The average molecular weight is 264 g/mol. The number of hydrogen-bond acceptors (Lipinski definition) is 4. The van der Waals surface area contributed by atoms with Gasteiger partial charge in [0.1, 0.15) is 0 Å². The lowest BCUT2D eigenvalue weighted by atomic mass is 10.1. The van der Waals surface area contributed by atoms with Gasteiger partial charge in [0.25, 0.3) is 0 Å². The van der Waals surface area contributed by atoms with E-state index in [0.29, 0.717) is 16.7 Å². The molecular formula is C13H14ClN3O. The van der Waals surface area contributed by atoms with Crippen molar-refractivity contribution in [3.63, 3.8) is 0 Å². The van der Waals surface area contributed by atoms with Gasteiger partial charge >= 0.3 is 0 Å². The van der Waals surface area contributed by atoms with Gasteiger partial charge in [0.05, 0.1) is 11.1 Å². The number of halogens is 1. The monoisotopic (exact) mass is 263 g/mol. The largest absolute Gasteiger partial charge is 0.337 e. The second-order valence-corrected chi connectivity index (χ2v) is 4.85. The Bertz CT molecular complexity index is 535. The Morgan fingerprint density at radius 3 is 2.94 bits per heavy atom. The Morgan fingerprint density at radius 1 is 1.28 bits per heavy atom. The Morgan fingerprint density at radius 2 is 2.17 bits per heavy atom. The van der Waals surface area contributed by atoms with Crippen LogP contribution < -0.4 is 5.32 Å². The molecule has 1 aliphatic rings. The maximum absolute atomic E-state index is 6.12. The zero-order valence-electron chi connectivity index (χ0n) is 9.90. The minimum atomic E-state index is 0.183. The molecule has 0 amide bonds. The first kappa shape index (κ1) is 11.7. The van der Waals surface area contributed by atoms with Crippen LogP contribution in [-0.2, 0) is 0 Å². The van der Waals surface area contributed by atoms with Crippen molar-refractivity contribution in [3.05, 3.63) is 35.2 Å². The van der Waals surface area contributed by atoms with Crippen molar-refractivity contribution in [1.29, 1.82) is 0 Å². The van der Waals surface area contributed by atoms with Crippen molar-refractivity contribution in [2.45, 2.75) is 25.3 Å². The zero-order chi connectivity index (χ0) is 12.4. The lowest BCUT2D eigenvalue weighted by Crippen LogP contribution is -2.26. The summed E-state index contributed by atoms with van der Waals surface area (Å²) in [6.07, 6.45) is 3.45. The van der Waals surface area contributed by atoms with Gasteiger partial charge in [-0.25, -0.2) is 0 Å². The van der Waals surface area contributed by atoms with E-state index in [1.54, 1.807) is 0 Å². The fourth-order valence-corrected chi connectivity index (χ4v) is 2.41. The second kappa shape index (κ2) is 5.08. The topological polar surface area (TPSA) is 51.0 Å². The molecule has 1 unspecified atom stereocenters.